The number of nitrogens with one attached hydrogen (secondary N) is 1. The fourth-order valence-corrected chi connectivity index (χ4v) is 2.89. The van der Waals surface area contributed by atoms with Gasteiger partial charge in [0.25, 0.3) is 0 Å². The Labute approximate surface area is 172 Å². The van der Waals surface area contributed by atoms with Gasteiger partial charge in [-0.05, 0) is 25.1 Å². The molecule has 0 atom stereocenters. The van der Waals surface area contributed by atoms with Gasteiger partial charge in [-0.25, -0.2) is 9.97 Å². The van der Waals surface area contributed by atoms with Crippen molar-refractivity contribution < 1.29 is 14.3 Å². The van der Waals surface area contributed by atoms with E-state index in [1.807, 2.05) is 32.2 Å². The number of ether oxygens (including phenoxy) is 2. The maximum Gasteiger partial charge on any atom is 0.232 e. The van der Waals surface area contributed by atoms with Gasteiger partial charge in [-0.15, -0.1) is 0 Å². The van der Waals surface area contributed by atoms with Gasteiger partial charge in [-0.1, -0.05) is 0 Å². The standard InChI is InChI=1S/C21H20N6O3/c1-13-18(12-25-27(13)2)26-21(28)9-20-23-10-15(11-24-20)30-19-6-7-22-17-8-14(29-3)4-5-16(17)19/h4-8,10-12H,9H2,1-3H3,(H,26,28). The van der Waals surface area contributed by atoms with Crippen molar-refractivity contribution in [3.05, 3.63) is 60.6 Å². The molecule has 1 aromatic carbocycles. The molecule has 0 fully saturated rings. The molecule has 3 heterocycles. The second kappa shape index (κ2) is 8.16. The van der Waals surface area contributed by atoms with Crippen molar-refractivity contribution in [2.75, 3.05) is 12.4 Å². The van der Waals surface area contributed by atoms with Crippen molar-refractivity contribution in [3.63, 3.8) is 0 Å². The number of rotatable bonds is 6. The highest BCUT2D eigenvalue weighted by molar-refractivity contribution is 5.92. The summed E-state index contributed by atoms with van der Waals surface area (Å²) in [7, 11) is 3.42. The number of aromatic nitrogens is 5. The molecule has 9 nitrogen and oxygen atoms in total. The maximum absolute atomic E-state index is 12.2. The first-order chi connectivity index (χ1) is 14.5. The molecule has 0 saturated heterocycles. The Morgan fingerprint density at radius 2 is 1.90 bits per heavy atom. The molecular weight excluding hydrogens is 384 g/mol. The molecule has 1 amide bonds. The van der Waals surface area contributed by atoms with Crippen LogP contribution in [-0.2, 0) is 18.3 Å². The van der Waals surface area contributed by atoms with Crippen LogP contribution in [0.25, 0.3) is 10.9 Å². The number of aryl methyl sites for hydroxylation is 1. The van der Waals surface area contributed by atoms with E-state index in [9.17, 15) is 4.79 Å². The highest BCUT2D eigenvalue weighted by Crippen LogP contribution is 2.30. The summed E-state index contributed by atoms with van der Waals surface area (Å²) in [5.74, 6) is 1.99. The van der Waals surface area contributed by atoms with Crippen molar-refractivity contribution in [1.29, 1.82) is 0 Å². The van der Waals surface area contributed by atoms with Gasteiger partial charge in [-0.2, -0.15) is 5.10 Å². The van der Waals surface area contributed by atoms with E-state index in [1.54, 1.807) is 42.6 Å². The Hall–Kier alpha value is -4.01. The highest BCUT2D eigenvalue weighted by Gasteiger charge is 2.11. The lowest BCUT2D eigenvalue weighted by molar-refractivity contribution is -0.115. The summed E-state index contributed by atoms with van der Waals surface area (Å²) in [5, 5.41) is 7.76. The number of fused-ring (bicyclic) bond motifs is 1. The van der Waals surface area contributed by atoms with E-state index in [2.05, 4.69) is 25.4 Å². The quantitative estimate of drug-likeness (QED) is 0.527. The van der Waals surface area contributed by atoms with E-state index < -0.39 is 0 Å². The number of carbonyl (C=O) groups is 1. The molecular formula is C21H20N6O3. The number of pyridine rings is 1. The minimum atomic E-state index is -0.214. The van der Waals surface area contributed by atoms with Gasteiger partial charge in [0, 0.05) is 24.7 Å². The van der Waals surface area contributed by atoms with Crippen LogP contribution >= 0.6 is 0 Å². The van der Waals surface area contributed by atoms with E-state index in [4.69, 9.17) is 9.47 Å². The largest absolute Gasteiger partial charge is 0.497 e. The Balaban J connectivity index is 1.44. The lowest BCUT2D eigenvalue weighted by atomic mass is 10.2. The van der Waals surface area contributed by atoms with Crippen LogP contribution in [-0.4, -0.2) is 37.7 Å². The van der Waals surface area contributed by atoms with Crippen LogP contribution in [0.15, 0.2) is 49.1 Å². The number of carbonyl (C=O) groups excluding carboxylic acids is 1. The van der Waals surface area contributed by atoms with Crippen molar-refractivity contribution in [3.8, 4) is 17.2 Å². The Morgan fingerprint density at radius 3 is 2.60 bits per heavy atom. The molecule has 0 aliphatic heterocycles. The summed E-state index contributed by atoms with van der Waals surface area (Å²) in [6.45, 7) is 1.88. The van der Waals surface area contributed by atoms with Gasteiger partial charge in [0.05, 0.1) is 49.0 Å². The van der Waals surface area contributed by atoms with E-state index in [0.717, 1.165) is 22.3 Å². The predicted octanol–water partition coefficient (Wildman–Crippen LogP) is 3.05. The molecule has 1 N–H and O–H groups in total. The molecule has 152 valence electrons. The second-order valence-corrected chi connectivity index (χ2v) is 6.62. The van der Waals surface area contributed by atoms with Crippen molar-refractivity contribution in [1.82, 2.24) is 24.7 Å². The zero-order chi connectivity index (χ0) is 21.1. The summed E-state index contributed by atoms with van der Waals surface area (Å²) in [6.07, 6.45) is 6.41. The van der Waals surface area contributed by atoms with Gasteiger partial charge in [0.15, 0.2) is 5.75 Å². The fraction of sp³-hybridized carbons (Fsp3) is 0.190. The second-order valence-electron chi connectivity index (χ2n) is 6.62. The molecule has 0 unspecified atom stereocenters. The minimum Gasteiger partial charge on any atom is -0.497 e. The van der Waals surface area contributed by atoms with E-state index in [0.29, 0.717) is 23.0 Å². The van der Waals surface area contributed by atoms with Gasteiger partial charge < -0.3 is 14.8 Å². The smallest absolute Gasteiger partial charge is 0.232 e. The van der Waals surface area contributed by atoms with Crippen LogP contribution in [0.1, 0.15) is 11.5 Å². The van der Waals surface area contributed by atoms with E-state index in [1.165, 1.54) is 0 Å². The van der Waals surface area contributed by atoms with Crippen LogP contribution in [0.2, 0.25) is 0 Å². The number of nitrogens with zero attached hydrogens (tertiary/aromatic N) is 5. The van der Waals surface area contributed by atoms with Crippen molar-refractivity contribution in [2.24, 2.45) is 7.05 Å². The Kier molecular flexibility index (Phi) is 5.25. The topological polar surface area (TPSA) is 104 Å². The SMILES string of the molecule is COc1ccc2c(Oc3cnc(CC(=O)Nc4cnn(C)c4C)nc3)ccnc2c1. The summed E-state index contributed by atoms with van der Waals surface area (Å²) in [5.41, 5.74) is 2.30. The molecule has 3 aromatic heterocycles. The fourth-order valence-electron chi connectivity index (χ4n) is 2.89. The third kappa shape index (κ3) is 4.04. The summed E-state index contributed by atoms with van der Waals surface area (Å²) < 4.78 is 12.8. The number of hydrogen-bond acceptors (Lipinski definition) is 7. The van der Waals surface area contributed by atoms with Crippen LogP contribution in [0.5, 0.6) is 17.2 Å². The first kappa shape index (κ1) is 19.3. The maximum atomic E-state index is 12.2. The third-order valence-corrected chi connectivity index (χ3v) is 4.65. The molecule has 30 heavy (non-hydrogen) atoms. The lowest BCUT2D eigenvalue weighted by Crippen LogP contribution is -2.16. The average Bonchev–Trinajstić information content (AvgIpc) is 3.07. The monoisotopic (exact) mass is 404 g/mol. The van der Waals surface area contributed by atoms with Crippen molar-refractivity contribution in [2.45, 2.75) is 13.3 Å². The van der Waals surface area contributed by atoms with Crippen LogP contribution in [0.4, 0.5) is 5.69 Å². The van der Waals surface area contributed by atoms with Crippen molar-refractivity contribution >= 4 is 22.5 Å². The normalized spacial score (nSPS) is 10.8. The molecule has 9 heteroatoms. The summed E-state index contributed by atoms with van der Waals surface area (Å²) >= 11 is 0. The molecule has 0 aliphatic rings. The highest BCUT2D eigenvalue weighted by atomic mass is 16.5. The van der Waals surface area contributed by atoms with Crippen LogP contribution in [0, 0.1) is 6.92 Å². The molecule has 0 saturated carbocycles. The molecule has 4 rings (SSSR count). The summed E-state index contributed by atoms with van der Waals surface area (Å²) in [4.78, 5) is 25.1. The Bertz CT molecular complexity index is 1200. The number of methoxy groups -OCH3 is 1. The Morgan fingerprint density at radius 1 is 1.10 bits per heavy atom. The number of hydrogen-bond donors (Lipinski definition) is 1. The van der Waals surface area contributed by atoms with Crippen LogP contribution < -0.4 is 14.8 Å². The number of amides is 1. The molecule has 0 bridgehead atoms. The minimum absolute atomic E-state index is 0.0482. The first-order valence-electron chi connectivity index (χ1n) is 9.23. The van der Waals surface area contributed by atoms with Crippen LogP contribution in [0.3, 0.4) is 0 Å². The number of benzene rings is 1. The molecule has 4 aromatic rings. The van der Waals surface area contributed by atoms with Gasteiger partial charge in [0.1, 0.15) is 17.3 Å². The summed E-state index contributed by atoms with van der Waals surface area (Å²) in [6, 6.07) is 7.34. The van der Waals surface area contributed by atoms with Gasteiger partial charge in [-0.3, -0.25) is 14.5 Å². The molecule has 0 radical (unpaired) electrons. The third-order valence-electron chi connectivity index (χ3n) is 4.65. The van der Waals surface area contributed by atoms with E-state index in [-0.39, 0.29) is 12.3 Å². The average molecular weight is 404 g/mol. The molecule has 0 aliphatic carbocycles. The number of anilines is 1. The van der Waals surface area contributed by atoms with E-state index >= 15 is 0 Å². The zero-order valence-corrected chi connectivity index (χ0v) is 16.8. The lowest BCUT2D eigenvalue weighted by Gasteiger charge is -2.09. The van der Waals surface area contributed by atoms with Gasteiger partial charge >= 0.3 is 0 Å². The molecule has 0 spiro atoms. The predicted molar refractivity (Wildman–Crippen MR) is 111 cm³/mol. The van der Waals surface area contributed by atoms with Gasteiger partial charge in [0.2, 0.25) is 5.91 Å². The zero-order valence-electron chi connectivity index (χ0n) is 16.8. The first-order valence-corrected chi connectivity index (χ1v) is 9.23.